The quantitative estimate of drug-likeness (QED) is 0.890. The van der Waals surface area contributed by atoms with Gasteiger partial charge in [0.2, 0.25) is 0 Å². The predicted molar refractivity (Wildman–Crippen MR) is 76.7 cm³/mol. The van der Waals surface area contributed by atoms with Crippen molar-refractivity contribution in [2.75, 3.05) is 6.61 Å². The Kier molecular flexibility index (Phi) is 5.03. The fourth-order valence-corrected chi connectivity index (χ4v) is 3.89. The zero-order chi connectivity index (χ0) is 13.0. The summed E-state index contributed by atoms with van der Waals surface area (Å²) in [6.45, 7) is 5.18. The van der Waals surface area contributed by atoms with Crippen molar-refractivity contribution in [1.29, 1.82) is 0 Å². The number of ether oxygens (including phenoxy) is 1. The Morgan fingerprint density at radius 1 is 1.50 bits per heavy atom. The van der Waals surface area contributed by atoms with E-state index in [1.165, 1.54) is 5.56 Å². The van der Waals surface area contributed by atoms with Gasteiger partial charge in [-0.05, 0) is 37.5 Å². The van der Waals surface area contributed by atoms with Crippen molar-refractivity contribution < 1.29 is 4.74 Å². The molecule has 0 aliphatic carbocycles. The van der Waals surface area contributed by atoms with E-state index in [-0.39, 0.29) is 6.04 Å². The molecule has 0 spiro atoms. The summed E-state index contributed by atoms with van der Waals surface area (Å²) < 4.78 is 5.64. The smallest absolute Gasteiger partial charge is 0.0666 e. The second kappa shape index (κ2) is 6.55. The largest absolute Gasteiger partial charge is 0.377 e. The summed E-state index contributed by atoms with van der Waals surface area (Å²) in [5, 5.41) is 0.896. The van der Waals surface area contributed by atoms with Gasteiger partial charge in [0.1, 0.15) is 0 Å². The third kappa shape index (κ3) is 3.25. The highest BCUT2D eigenvalue weighted by Gasteiger charge is 2.30. The first-order valence-corrected chi connectivity index (χ1v) is 7.59. The van der Waals surface area contributed by atoms with Crippen LogP contribution in [-0.2, 0) is 4.74 Å². The van der Waals surface area contributed by atoms with Gasteiger partial charge >= 0.3 is 0 Å². The van der Waals surface area contributed by atoms with Crippen LogP contribution in [-0.4, -0.2) is 29.0 Å². The molecule has 100 valence electrons. The van der Waals surface area contributed by atoms with E-state index in [1.54, 1.807) is 0 Å². The maximum Gasteiger partial charge on any atom is 0.0666 e. The molecule has 18 heavy (non-hydrogen) atoms. The minimum absolute atomic E-state index is 0.185. The summed E-state index contributed by atoms with van der Waals surface area (Å²) in [4.78, 5) is 4.08. The van der Waals surface area contributed by atoms with Gasteiger partial charge in [-0.2, -0.15) is 0 Å². The first kappa shape index (κ1) is 13.8. The van der Waals surface area contributed by atoms with Crippen molar-refractivity contribution in [3.63, 3.8) is 0 Å². The first-order chi connectivity index (χ1) is 8.72. The molecule has 0 saturated carbocycles. The molecule has 1 saturated heterocycles. The molecule has 0 aromatic carbocycles. The molecule has 2 heterocycles. The maximum absolute atomic E-state index is 6.29. The van der Waals surface area contributed by atoms with E-state index in [1.807, 2.05) is 24.2 Å². The Balaban J connectivity index is 2.10. The number of hydrogen-bond acceptors (Lipinski definition) is 4. The molecule has 4 heteroatoms. The van der Waals surface area contributed by atoms with E-state index in [0.29, 0.717) is 16.6 Å². The normalized spacial score (nSPS) is 27.1. The van der Waals surface area contributed by atoms with Crippen LogP contribution in [0, 0.1) is 0 Å². The number of thioether (sulfide) groups is 1. The Bertz CT molecular complexity index is 360. The Hall–Kier alpha value is -0.580. The number of nitrogens with zero attached hydrogens (tertiary/aromatic N) is 1. The highest BCUT2D eigenvalue weighted by atomic mass is 32.2. The van der Waals surface area contributed by atoms with Crippen LogP contribution in [0.1, 0.15) is 37.5 Å². The molecule has 2 rings (SSSR count). The molecule has 1 aliphatic rings. The monoisotopic (exact) mass is 266 g/mol. The van der Waals surface area contributed by atoms with Crippen molar-refractivity contribution in [3.8, 4) is 0 Å². The number of rotatable bonds is 5. The summed E-state index contributed by atoms with van der Waals surface area (Å²) in [6.07, 6.45) is 6.15. The van der Waals surface area contributed by atoms with Crippen LogP contribution in [0.2, 0.25) is 0 Å². The molecule has 0 amide bonds. The van der Waals surface area contributed by atoms with Crippen molar-refractivity contribution >= 4 is 11.8 Å². The van der Waals surface area contributed by atoms with Gasteiger partial charge in [0.05, 0.1) is 6.10 Å². The highest BCUT2D eigenvalue weighted by Crippen LogP contribution is 2.40. The highest BCUT2D eigenvalue weighted by molar-refractivity contribution is 8.00. The van der Waals surface area contributed by atoms with Gasteiger partial charge in [0, 0.05) is 35.5 Å². The SMILES string of the molecule is CCC(N)C(SC1CCOC1C)c1ccncc1. The van der Waals surface area contributed by atoms with Crippen molar-refractivity contribution in [3.05, 3.63) is 30.1 Å². The minimum Gasteiger partial charge on any atom is -0.377 e. The summed E-state index contributed by atoms with van der Waals surface area (Å²) >= 11 is 1.97. The van der Waals surface area contributed by atoms with Gasteiger partial charge in [-0.25, -0.2) is 0 Å². The molecule has 4 atom stereocenters. The van der Waals surface area contributed by atoms with Gasteiger partial charge < -0.3 is 10.5 Å². The molecule has 2 N–H and O–H groups in total. The maximum atomic E-state index is 6.29. The van der Waals surface area contributed by atoms with Crippen LogP contribution in [0.3, 0.4) is 0 Å². The van der Waals surface area contributed by atoms with Crippen LogP contribution in [0.4, 0.5) is 0 Å². The molecule has 1 aliphatic heterocycles. The third-order valence-electron chi connectivity index (χ3n) is 3.52. The zero-order valence-electron chi connectivity index (χ0n) is 11.1. The fourth-order valence-electron chi connectivity index (χ4n) is 2.27. The van der Waals surface area contributed by atoms with E-state index in [2.05, 4.69) is 31.0 Å². The second-order valence-electron chi connectivity index (χ2n) is 4.81. The molecule has 1 fully saturated rings. The molecule has 0 bridgehead atoms. The Labute approximate surface area is 114 Å². The minimum atomic E-state index is 0.185. The Morgan fingerprint density at radius 2 is 2.22 bits per heavy atom. The van der Waals surface area contributed by atoms with Crippen LogP contribution in [0.5, 0.6) is 0 Å². The number of nitrogens with two attached hydrogens (primary N) is 1. The average molecular weight is 266 g/mol. The van der Waals surface area contributed by atoms with Gasteiger partial charge in [-0.1, -0.05) is 6.92 Å². The molecular weight excluding hydrogens is 244 g/mol. The number of hydrogen-bond donors (Lipinski definition) is 1. The fraction of sp³-hybridized carbons (Fsp3) is 0.643. The van der Waals surface area contributed by atoms with E-state index in [9.17, 15) is 0 Å². The lowest BCUT2D eigenvalue weighted by Gasteiger charge is -2.27. The third-order valence-corrected chi connectivity index (χ3v) is 5.41. The molecule has 4 unspecified atom stereocenters. The summed E-state index contributed by atoms with van der Waals surface area (Å²) in [5.41, 5.74) is 7.57. The van der Waals surface area contributed by atoms with Crippen LogP contribution in [0.15, 0.2) is 24.5 Å². The van der Waals surface area contributed by atoms with Crippen LogP contribution >= 0.6 is 11.8 Å². The second-order valence-corrected chi connectivity index (χ2v) is 6.20. The zero-order valence-corrected chi connectivity index (χ0v) is 11.9. The van der Waals surface area contributed by atoms with Gasteiger partial charge in [-0.15, -0.1) is 11.8 Å². The van der Waals surface area contributed by atoms with Crippen LogP contribution in [0.25, 0.3) is 0 Å². The van der Waals surface area contributed by atoms with Crippen molar-refractivity contribution in [2.45, 2.75) is 49.3 Å². The first-order valence-electron chi connectivity index (χ1n) is 6.65. The number of aromatic nitrogens is 1. The van der Waals surface area contributed by atoms with E-state index >= 15 is 0 Å². The number of pyridine rings is 1. The standard InChI is InChI=1S/C14H22N2OS/c1-3-12(15)14(11-4-7-16-8-5-11)18-13-6-9-17-10(13)2/h4-5,7-8,10,12-14H,3,6,9,15H2,1-2H3. The van der Waals surface area contributed by atoms with Crippen LogP contribution < -0.4 is 5.73 Å². The average Bonchev–Trinajstić information content (AvgIpc) is 2.81. The molecule has 3 nitrogen and oxygen atoms in total. The van der Waals surface area contributed by atoms with Crippen molar-refractivity contribution in [1.82, 2.24) is 4.98 Å². The van der Waals surface area contributed by atoms with Gasteiger partial charge in [0.25, 0.3) is 0 Å². The Morgan fingerprint density at radius 3 is 2.78 bits per heavy atom. The van der Waals surface area contributed by atoms with Gasteiger partial charge in [-0.3, -0.25) is 4.98 Å². The molecule has 1 aromatic heterocycles. The lowest BCUT2D eigenvalue weighted by atomic mass is 10.1. The summed E-state index contributed by atoms with van der Waals surface area (Å²) in [5.74, 6) is 0. The topological polar surface area (TPSA) is 48.1 Å². The molecule has 1 aromatic rings. The lowest BCUT2D eigenvalue weighted by molar-refractivity contribution is 0.127. The van der Waals surface area contributed by atoms with E-state index < -0.39 is 0 Å². The molecular formula is C14H22N2OS. The molecule has 0 radical (unpaired) electrons. The van der Waals surface area contributed by atoms with E-state index in [0.717, 1.165) is 19.4 Å². The summed E-state index contributed by atoms with van der Waals surface area (Å²) in [6, 6.07) is 4.34. The van der Waals surface area contributed by atoms with E-state index in [4.69, 9.17) is 10.5 Å². The van der Waals surface area contributed by atoms with Crippen molar-refractivity contribution in [2.24, 2.45) is 5.73 Å². The predicted octanol–water partition coefficient (Wildman–Crippen LogP) is 2.77. The lowest BCUT2D eigenvalue weighted by Crippen LogP contribution is -2.28. The summed E-state index contributed by atoms with van der Waals surface area (Å²) in [7, 11) is 0. The van der Waals surface area contributed by atoms with Gasteiger partial charge in [0.15, 0.2) is 0 Å².